The van der Waals surface area contributed by atoms with Gasteiger partial charge < -0.3 is 18.9 Å². The van der Waals surface area contributed by atoms with Gasteiger partial charge in [0.25, 0.3) is 0 Å². The van der Waals surface area contributed by atoms with Crippen LogP contribution < -0.4 is 18.9 Å². The molecule has 1 saturated carbocycles. The van der Waals surface area contributed by atoms with E-state index in [-0.39, 0.29) is 23.0 Å². The van der Waals surface area contributed by atoms with E-state index in [0.29, 0.717) is 36.5 Å². The second-order valence-corrected chi connectivity index (χ2v) is 16.9. The van der Waals surface area contributed by atoms with Gasteiger partial charge in [-0.15, -0.1) is 0 Å². The zero-order valence-corrected chi connectivity index (χ0v) is 36.0. The number of carbonyl (C=O) groups is 2. The van der Waals surface area contributed by atoms with E-state index in [4.69, 9.17) is 18.9 Å². The lowest BCUT2D eigenvalue weighted by atomic mass is 9.65. The van der Waals surface area contributed by atoms with Gasteiger partial charge in [0.15, 0.2) is 0 Å². The second-order valence-electron chi connectivity index (χ2n) is 16.9. The predicted molar refractivity (Wildman–Crippen MR) is 231 cm³/mol. The Balaban J connectivity index is 1.27. The van der Waals surface area contributed by atoms with Crippen LogP contribution in [0.5, 0.6) is 23.0 Å². The van der Waals surface area contributed by atoms with Crippen LogP contribution in [0, 0.1) is 11.3 Å². The van der Waals surface area contributed by atoms with Gasteiger partial charge in [0, 0.05) is 5.41 Å². The third-order valence-corrected chi connectivity index (χ3v) is 13.1. The van der Waals surface area contributed by atoms with Crippen LogP contribution >= 0.6 is 0 Å². The Hall–Kier alpha value is -4.58. The molecule has 6 nitrogen and oxygen atoms in total. The molecule has 1 aliphatic carbocycles. The van der Waals surface area contributed by atoms with Crippen LogP contribution in [0.4, 0.5) is 0 Å². The molecule has 0 spiro atoms. The van der Waals surface area contributed by atoms with Gasteiger partial charge in [-0.3, -0.25) is 9.59 Å². The maximum Gasteiger partial charge on any atom is 0.318 e. The van der Waals surface area contributed by atoms with Crippen LogP contribution in [0.3, 0.4) is 0 Å². The van der Waals surface area contributed by atoms with E-state index in [0.717, 1.165) is 49.0 Å². The van der Waals surface area contributed by atoms with Gasteiger partial charge in [0.1, 0.15) is 34.2 Å². The number of hydrogen-bond donors (Lipinski definition) is 0. The summed E-state index contributed by atoms with van der Waals surface area (Å²) >= 11 is 0. The Kier molecular flexibility index (Phi) is 14.3. The summed E-state index contributed by atoms with van der Waals surface area (Å²) < 4.78 is 24.9. The molecule has 0 aliphatic heterocycles. The first kappa shape index (κ1) is 43.5. The van der Waals surface area contributed by atoms with E-state index < -0.39 is 16.9 Å². The van der Waals surface area contributed by atoms with Gasteiger partial charge in [-0.1, -0.05) is 109 Å². The van der Waals surface area contributed by atoms with E-state index in [1.807, 2.05) is 88.4 Å². The van der Waals surface area contributed by atoms with Crippen molar-refractivity contribution >= 4 is 11.9 Å². The van der Waals surface area contributed by atoms with Crippen molar-refractivity contribution < 1.29 is 28.5 Å². The molecule has 1 unspecified atom stereocenters. The highest BCUT2D eigenvalue weighted by molar-refractivity contribution is 5.79. The third kappa shape index (κ3) is 9.94. The first-order chi connectivity index (χ1) is 27.3. The molecule has 4 aromatic rings. The van der Waals surface area contributed by atoms with Gasteiger partial charge in [0.2, 0.25) is 0 Å². The average molecular weight is 775 g/mol. The van der Waals surface area contributed by atoms with Crippen molar-refractivity contribution in [2.45, 2.75) is 150 Å². The minimum atomic E-state index is -0.737. The van der Waals surface area contributed by atoms with Gasteiger partial charge >= 0.3 is 11.9 Å². The van der Waals surface area contributed by atoms with Crippen LogP contribution in [0.2, 0.25) is 0 Å². The standard InChI is InChI=1S/C51H66O6/c1-10-45(51(14-5,15-6)57-44-29-21-38(22-30-44)37-19-27-42(28-20-37)55-47(53)49(9,12-3)13-4)46(52)54-41-31-23-39(24-32-41)50(35-17-16-18-36-50)40-25-33-43(34-26-40)56-48(7,8)11-2/h19-34,45H,10-18,35-36H2,1-9H3. The van der Waals surface area contributed by atoms with E-state index in [2.05, 4.69) is 71.0 Å². The zero-order valence-electron chi connectivity index (χ0n) is 36.0. The summed E-state index contributed by atoms with van der Waals surface area (Å²) in [5.74, 6) is 1.75. The molecule has 5 rings (SSSR count). The molecule has 1 aliphatic rings. The van der Waals surface area contributed by atoms with Crippen molar-refractivity contribution in [2.24, 2.45) is 11.3 Å². The number of benzene rings is 4. The number of carbonyl (C=O) groups excluding carboxylic acids is 2. The quantitative estimate of drug-likeness (QED) is 0.0740. The Labute approximate surface area is 342 Å². The van der Waals surface area contributed by atoms with Crippen molar-refractivity contribution in [3.63, 3.8) is 0 Å². The lowest BCUT2D eigenvalue weighted by molar-refractivity contribution is -0.148. The van der Waals surface area contributed by atoms with Crippen LogP contribution in [0.25, 0.3) is 11.1 Å². The summed E-state index contributed by atoms with van der Waals surface area (Å²) in [7, 11) is 0. The molecule has 0 aromatic heterocycles. The van der Waals surface area contributed by atoms with Crippen LogP contribution in [0.15, 0.2) is 97.1 Å². The van der Waals surface area contributed by atoms with Gasteiger partial charge in [-0.2, -0.15) is 0 Å². The molecule has 0 bridgehead atoms. The fourth-order valence-corrected chi connectivity index (χ4v) is 8.31. The fourth-order valence-electron chi connectivity index (χ4n) is 8.31. The smallest absolute Gasteiger partial charge is 0.318 e. The van der Waals surface area contributed by atoms with Crippen LogP contribution in [-0.2, 0) is 15.0 Å². The first-order valence-electron chi connectivity index (χ1n) is 21.5. The minimum absolute atomic E-state index is 0.0852. The van der Waals surface area contributed by atoms with E-state index in [1.54, 1.807) is 0 Å². The Morgan fingerprint density at radius 3 is 1.44 bits per heavy atom. The van der Waals surface area contributed by atoms with Gasteiger partial charge in [0.05, 0.1) is 11.3 Å². The fraction of sp³-hybridized carbons (Fsp3) is 0.490. The molecule has 0 saturated heterocycles. The average Bonchev–Trinajstić information content (AvgIpc) is 3.24. The molecule has 1 fully saturated rings. The maximum absolute atomic E-state index is 14.0. The summed E-state index contributed by atoms with van der Waals surface area (Å²) in [6.45, 7) is 18.5. The molecular formula is C51H66O6. The Bertz CT molecular complexity index is 1880. The minimum Gasteiger partial charge on any atom is -0.488 e. The van der Waals surface area contributed by atoms with Crippen molar-refractivity contribution in [3.8, 4) is 34.1 Å². The van der Waals surface area contributed by atoms with Crippen molar-refractivity contribution in [1.82, 2.24) is 0 Å². The van der Waals surface area contributed by atoms with E-state index in [1.165, 1.54) is 30.4 Å². The molecule has 0 N–H and O–H groups in total. The molecule has 0 amide bonds. The van der Waals surface area contributed by atoms with E-state index >= 15 is 0 Å². The summed E-state index contributed by atoms with van der Waals surface area (Å²) in [6.07, 6.45) is 10.0. The van der Waals surface area contributed by atoms with Crippen molar-refractivity contribution in [3.05, 3.63) is 108 Å². The lowest BCUT2D eigenvalue weighted by Gasteiger charge is -2.39. The van der Waals surface area contributed by atoms with Crippen molar-refractivity contribution in [2.75, 3.05) is 0 Å². The number of ether oxygens (including phenoxy) is 4. The van der Waals surface area contributed by atoms with Crippen molar-refractivity contribution in [1.29, 1.82) is 0 Å². The Morgan fingerprint density at radius 2 is 0.982 bits per heavy atom. The SMILES string of the molecule is CCC(C(=O)Oc1ccc(C2(c3ccc(OC(C)(C)CC)cc3)CCCCC2)cc1)C(CC)(CC)Oc1ccc(-c2ccc(OC(=O)C(C)(CC)CC)cc2)cc1. The highest BCUT2D eigenvalue weighted by Gasteiger charge is 2.43. The predicted octanol–water partition coefficient (Wildman–Crippen LogP) is 13.5. The van der Waals surface area contributed by atoms with Gasteiger partial charge in [-0.05, 0) is 143 Å². The maximum atomic E-state index is 14.0. The molecule has 4 aromatic carbocycles. The molecule has 0 radical (unpaired) electrons. The Morgan fingerprint density at radius 1 is 0.544 bits per heavy atom. The summed E-state index contributed by atoms with van der Waals surface area (Å²) in [4.78, 5) is 26.8. The zero-order chi connectivity index (χ0) is 41.3. The van der Waals surface area contributed by atoms with Gasteiger partial charge in [-0.25, -0.2) is 0 Å². The topological polar surface area (TPSA) is 71.1 Å². The van der Waals surface area contributed by atoms with Crippen LogP contribution in [-0.4, -0.2) is 23.1 Å². The monoisotopic (exact) mass is 774 g/mol. The third-order valence-electron chi connectivity index (χ3n) is 13.1. The highest BCUT2D eigenvalue weighted by atomic mass is 16.5. The molecule has 6 heteroatoms. The molecule has 306 valence electrons. The normalized spacial score (nSPS) is 15.0. The lowest BCUT2D eigenvalue weighted by Crippen LogP contribution is -2.47. The summed E-state index contributed by atoms with van der Waals surface area (Å²) in [5, 5.41) is 0. The first-order valence-corrected chi connectivity index (χ1v) is 21.5. The number of esters is 2. The second kappa shape index (κ2) is 18.8. The molecular weight excluding hydrogens is 709 g/mol. The summed E-state index contributed by atoms with van der Waals surface area (Å²) in [5.41, 5.74) is 3.06. The largest absolute Gasteiger partial charge is 0.488 e. The number of hydrogen-bond acceptors (Lipinski definition) is 6. The van der Waals surface area contributed by atoms with Crippen LogP contribution in [0.1, 0.15) is 144 Å². The highest BCUT2D eigenvalue weighted by Crippen LogP contribution is 2.46. The molecule has 0 heterocycles. The van der Waals surface area contributed by atoms with E-state index in [9.17, 15) is 9.59 Å². The molecule has 1 atom stereocenters. The summed E-state index contributed by atoms with van der Waals surface area (Å²) in [6, 6.07) is 32.5. The number of rotatable bonds is 18. The molecule has 57 heavy (non-hydrogen) atoms.